The number of anilines is 1. The van der Waals surface area contributed by atoms with E-state index in [0.717, 1.165) is 19.3 Å². The molecule has 0 heterocycles. The lowest BCUT2D eigenvalue weighted by Crippen LogP contribution is -2.18. The first kappa shape index (κ1) is 17.0. The molecule has 5 nitrogen and oxygen atoms in total. The van der Waals surface area contributed by atoms with Crippen molar-refractivity contribution in [3.63, 3.8) is 0 Å². The van der Waals surface area contributed by atoms with Crippen molar-refractivity contribution in [3.8, 4) is 5.75 Å². The number of hydrogen-bond donors (Lipinski definition) is 2. The third-order valence-electron chi connectivity index (χ3n) is 4.43. The number of aliphatic carboxylic acids is 1. The van der Waals surface area contributed by atoms with Crippen LogP contribution in [0.3, 0.4) is 0 Å². The number of carbonyl (C=O) groups excluding carboxylic acids is 1. The van der Waals surface area contributed by atoms with Gasteiger partial charge in [0.15, 0.2) is 6.61 Å². The van der Waals surface area contributed by atoms with Gasteiger partial charge in [-0.3, -0.25) is 4.79 Å². The number of carboxylic acids is 1. The molecule has 3 rings (SSSR count). The van der Waals surface area contributed by atoms with Gasteiger partial charge in [-0.1, -0.05) is 24.3 Å². The number of carbonyl (C=O) groups is 2. The summed E-state index contributed by atoms with van der Waals surface area (Å²) >= 11 is 0. The fourth-order valence-corrected chi connectivity index (χ4v) is 3.28. The van der Waals surface area contributed by atoms with Gasteiger partial charge >= 0.3 is 5.97 Å². The highest BCUT2D eigenvalue weighted by molar-refractivity contribution is 5.91. The van der Waals surface area contributed by atoms with Gasteiger partial charge in [-0.2, -0.15) is 0 Å². The first-order valence-corrected chi connectivity index (χ1v) is 8.44. The maximum absolute atomic E-state index is 12.4. The van der Waals surface area contributed by atoms with Crippen LogP contribution in [0.5, 0.6) is 5.75 Å². The highest BCUT2D eigenvalue weighted by atomic mass is 16.5. The van der Waals surface area contributed by atoms with Crippen LogP contribution in [0.4, 0.5) is 5.69 Å². The summed E-state index contributed by atoms with van der Waals surface area (Å²) < 4.78 is 5.08. The van der Waals surface area contributed by atoms with Crippen LogP contribution in [-0.2, 0) is 16.0 Å². The van der Waals surface area contributed by atoms with E-state index >= 15 is 0 Å². The molecule has 1 atom stereocenters. The number of nitrogens with one attached hydrogen (secondary N) is 1. The lowest BCUT2D eigenvalue weighted by atomic mass is 9.81. The first-order chi connectivity index (χ1) is 12.1. The Hall–Kier alpha value is -2.82. The van der Waals surface area contributed by atoms with Gasteiger partial charge in [-0.05, 0) is 60.6 Å². The van der Waals surface area contributed by atoms with E-state index in [9.17, 15) is 9.59 Å². The predicted octanol–water partition coefficient (Wildman–Crippen LogP) is 3.60. The summed E-state index contributed by atoms with van der Waals surface area (Å²) in [7, 11) is 0. The molecule has 1 amide bonds. The van der Waals surface area contributed by atoms with Crippen molar-refractivity contribution in [2.24, 2.45) is 0 Å². The normalized spacial score (nSPS) is 15.9. The Bertz CT molecular complexity index is 755. The van der Waals surface area contributed by atoms with Crippen LogP contribution in [0.25, 0.3) is 0 Å². The number of aryl methyl sites for hydroxylation is 1. The van der Waals surface area contributed by atoms with E-state index in [4.69, 9.17) is 9.84 Å². The lowest BCUT2D eigenvalue weighted by molar-refractivity contribution is -0.139. The Morgan fingerprint density at radius 3 is 2.64 bits per heavy atom. The summed E-state index contributed by atoms with van der Waals surface area (Å²) in [5.41, 5.74) is 3.32. The van der Waals surface area contributed by atoms with E-state index in [-0.39, 0.29) is 18.4 Å². The number of rotatable bonds is 6. The van der Waals surface area contributed by atoms with Crippen LogP contribution in [-0.4, -0.2) is 23.6 Å². The van der Waals surface area contributed by atoms with Gasteiger partial charge in [0, 0.05) is 12.1 Å². The van der Waals surface area contributed by atoms with Gasteiger partial charge < -0.3 is 15.2 Å². The fraction of sp³-hybridized carbons (Fsp3) is 0.300. The predicted molar refractivity (Wildman–Crippen MR) is 94.9 cm³/mol. The second kappa shape index (κ2) is 7.83. The minimum atomic E-state index is -1.02. The molecule has 0 spiro atoms. The maximum Gasteiger partial charge on any atom is 0.341 e. The molecular formula is C20H21NO4. The van der Waals surface area contributed by atoms with Crippen molar-refractivity contribution in [2.75, 3.05) is 11.9 Å². The van der Waals surface area contributed by atoms with Gasteiger partial charge in [0.05, 0.1) is 0 Å². The van der Waals surface area contributed by atoms with Crippen LogP contribution < -0.4 is 10.1 Å². The molecule has 5 heteroatoms. The highest BCUT2D eigenvalue weighted by Gasteiger charge is 2.22. The molecule has 1 unspecified atom stereocenters. The number of hydrogen-bond acceptors (Lipinski definition) is 3. The molecule has 25 heavy (non-hydrogen) atoms. The third kappa shape index (κ3) is 4.59. The van der Waals surface area contributed by atoms with Gasteiger partial charge in [0.2, 0.25) is 5.91 Å². The van der Waals surface area contributed by atoms with Crippen molar-refractivity contribution < 1.29 is 19.4 Å². The molecule has 0 radical (unpaired) electrons. The second-order valence-electron chi connectivity index (χ2n) is 6.25. The standard InChI is InChI=1S/C20H21NO4/c22-19(12-15-6-3-5-14-4-1-2-7-18(14)15)21-16-8-10-17(11-9-16)25-13-20(23)24/h1-2,4,7-11,15H,3,5-6,12-13H2,(H,21,22)(H,23,24). The number of benzene rings is 2. The topological polar surface area (TPSA) is 75.6 Å². The zero-order valence-electron chi connectivity index (χ0n) is 13.9. The summed E-state index contributed by atoms with van der Waals surface area (Å²) in [6.45, 7) is -0.382. The average Bonchev–Trinajstić information content (AvgIpc) is 2.61. The Balaban J connectivity index is 1.57. The quantitative estimate of drug-likeness (QED) is 0.843. The summed E-state index contributed by atoms with van der Waals surface area (Å²) in [4.78, 5) is 22.9. The van der Waals surface area contributed by atoms with Crippen LogP contribution in [0, 0.1) is 0 Å². The molecule has 0 saturated carbocycles. The van der Waals surface area contributed by atoms with E-state index in [1.54, 1.807) is 24.3 Å². The van der Waals surface area contributed by atoms with E-state index < -0.39 is 5.97 Å². The van der Waals surface area contributed by atoms with E-state index in [1.807, 2.05) is 6.07 Å². The maximum atomic E-state index is 12.4. The van der Waals surface area contributed by atoms with Crippen molar-refractivity contribution in [1.29, 1.82) is 0 Å². The molecule has 0 bridgehead atoms. The summed E-state index contributed by atoms with van der Waals surface area (Å²) in [6, 6.07) is 15.1. The Morgan fingerprint density at radius 1 is 1.12 bits per heavy atom. The van der Waals surface area contributed by atoms with Gasteiger partial charge in [0.1, 0.15) is 5.75 Å². The monoisotopic (exact) mass is 339 g/mol. The molecule has 130 valence electrons. The first-order valence-electron chi connectivity index (χ1n) is 8.44. The van der Waals surface area contributed by atoms with Gasteiger partial charge in [0.25, 0.3) is 0 Å². The van der Waals surface area contributed by atoms with E-state index in [1.165, 1.54) is 11.1 Å². The van der Waals surface area contributed by atoms with Crippen LogP contribution >= 0.6 is 0 Å². The number of amides is 1. The average molecular weight is 339 g/mol. The molecule has 1 aliphatic rings. The van der Waals surface area contributed by atoms with Gasteiger partial charge in [-0.25, -0.2) is 4.79 Å². The summed E-state index contributed by atoms with van der Waals surface area (Å²) in [6.07, 6.45) is 3.71. The van der Waals surface area contributed by atoms with Crippen molar-refractivity contribution in [2.45, 2.75) is 31.6 Å². The smallest absolute Gasteiger partial charge is 0.341 e. The highest BCUT2D eigenvalue weighted by Crippen LogP contribution is 2.34. The molecule has 0 fully saturated rings. The third-order valence-corrected chi connectivity index (χ3v) is 4.43. The fourth-order valence-electron chi connectivity index (χ4n) is 3.28. The van der Waals surface area contributed by atoms with Crippen molar-refractivity contribution >= 4 is 17.6 Å². The lowest BCUT2D eigenvalue weighted by Gasteiger charge is -2.25. The second-order valence-corrected chi connectivity index (χ2v) is 6.25. The minimum absolute atomic E-state index is 0.0130. The van der Waals surface area contributed by atoms with Crippen molar-refractivity contribution in [3.05, 3.63) is 59.7 Å². The molecule has 2 aromatic rings. The van der Waals surface area contributed by atoms with Crippen molar-refractivity contribution in [1.82, 2.24) is 0 Å². The largest absolute Gasteiger partial charge is 0.482 e. The van der Waals surface area contributed by atoms with Gasteiger partial charge in [-0.15, -0.1) is 0 Å². The number of ether oxygens (including phenoxy) is 1. The molecular weight excluding hydrogens is 318 g/mol. The molecule has 2 N–H and O–H groups in total. The molecule has 0 saturated heterocycles. The zero-order valence-corrected chi connectivity index (χ0v) is 13.9. The Morgan fingerprint density at radius 2 is 1.88 bits per heavy atom. The molecule has 1 aliphatic carbocycles. The van der Waals surface area contributed by atoms with Crippen LogP contribution in [0.1, 0.15) is 36.3 Å². The molecule has 2 aromatic carbocycles. The molecule has 0 aromatic heterocycles. The van der Waals surface area contributed by atoms with Crippen LogP contribution in [0.15, 0.2) is 48.5 Å². The van der Waals surface area contributed by atoms with E-state index in [2.05, 4.69) is 23.5 Å². The summed E-state index contributed by atoms with van der Waals surface area (Å²) in [5.74, 6) is -0.309. The summed E-state index contributed by atoms with van der Waals surface area (Å²) in [5, 5.41) is 11.5. The van der Waals surface area contributed by atoms with Crippen LogP contribution in [0.2, 0.25) is 0 Å². The minimum Gasteiger partial charge on any atom is -0.482 e. The Labute approximate surface area is 146 Å². The zero-order chi connectivity index (χ0) is 17.6. The Kier molecular flexibility index (Phi) is 5.33. The van der Waals surface area contributed by atoms with E-state index in [0.29, 0.717) is 17.9 Å². The SMILES string of the molecule is O=C(O)COc1ccc(NC(=O)CC2CCCc3ccccc32)cc1. The molecule has 0 aliphatic heterocycles. The number of fused-ring (bicyclic) bond motifs is 1. The number of carboxylic acid groups (broad SMARTS) is 1.